The molecule has 1 heterocycles. The molecule has 1 amide bonds. The third kappa shape index (κ3) is 2.68. The molecule has 1 aromatic heterocycles. The fourth-order valence-corrected chi connectivity index (χ4v) is 1.68. The second-order valence-electron chi connectivity index (χ2n) is 3.90. The van der Waals surface area contributed by atoms with Gasteiger partial charge in [-0.3, -0.25) is 10.1 Å². The zero-order valence-corrected chi connectivity index (χ0v) is 10.4. The van der Waals surface area contributed by atoms with E-state index in [9.17, 15) is 4.79 Å². The van der Waals surface area contributed by atoms with Crippen LogP contribution in [0.15, 0.2) is 36.7 Å². The zero-order valence-electron chi connectivity index (χ0n) is 10.4. The number of para-hydroxylation sites is 1. The fourth-order valence-electron chi connectivity index (χ4n) is 1.68. The van der Waals surface area contributed by atoms with Crippen molar-refractivity contribution in [1.29, 1.82) is 0 Å². The van der Waals surface area contributed by atoms with Gasteiger partial charge in [-0.1, -0.05) is 18.2 Å². The van der Waals surface area contributed by atoms with Crippen molar-refractivity contribution in [1.82, 2.24) is 9.55 Å². The predicted molar refractivity (Wildman–Crippen MR) is 68.5 cm³/mol. The molecule has 0 aliphatic carbocycles. The quantitative estimate of drug-likeness (QED) is 0.890. The maximum Gasteiger partial charge on any atom is 0.231 e. The zero-order chi connectivity index (χ0) is 13.0. The Morgan fingerprint density at radius 3 is 2.89 bits per heavy atom. The van der Waals surface area contributed by atoms with E-state index in [0.717, 1.165) is 5.56 Å². The summed E-state index contributed by atoms with van der Waals surface area (Å²) < 4.78 is 6.95. The first-order valence-electron chi connectivity index (χ1n) is 5.60. The topological polar surface area (TPSA) is 56.1 Å². The van der Waals surface area contributed by atoms with E-state index in [1.807, 2.05) is 31.3 Å². The highest BCUT2D eigenvalue weighted by Gasteiger charge is 2.10. The number of hydrogen-bond acceptors (Lipinski definition) is 3. The average molecular weight is 245 g/mol. The van der Waals surface area contributed by atoms with Gasteiger partial charge >= 0.3 is 0 Å². The van der Waals surface area contributed by atoms with E-state index >= 15 is 0 Å². The first-order chi connectivity index (χ1) is 8.70. The van der Waals surface area contributed by atoms with Crippen molar-refractivity contribution in [3.05, 3.63) is 42.2 Å². The second kappa shape index (κ2) is 5.35. The lowest BCUT2D eigenvalue weighted by atomic mass is 10.1. The van der Waals surface area contributed by atoms with Gasteiger partial charge in [0.15, 0.2) is 0 Å². The van der Waals surface area contributed by atoms with Gasteiger partial charge in [0.05, 0.1) is 13.5 Å². The molecule has 0 aliphatic rings. The summed E-state index contributed by atoms with van der Waals surface area (Å²) in [6.45, 7) is 0. The van der Waals surface area contributed by atoms with E-state index in [1.165, 1.54) is 0 Å². The molecule has 0 radical (unpaired) electrons. The minimum Gasteiger partial charge on any atom is -0.496 e. The van der Waals surface area contributed by atoms with E-state index in [-0.39, 0.29) is 12.3 Å². The number of ether oxygens (including phenoxy) is 1. The van der Waals surface area contributed by atoms with Crippen molar-refractivity contribution < 1.29 is 9.53 Å². The van der Waals surface area contributed by atoms with Gasteiger partial charge in [0.25, 0.3) is 0 Å². The molecule has 0 bridgehead atoms. The first-order valence-corrected chi connectivity index (χ1v) is 5.60. The Morgan fingerprint density at radius 2 is 2.22 bits per heavy atom. The number of imidazole rings is 1. The summed E-state index contributed by atoms with van der Waals surface area (Å²) in [7, 11) is 3.42. The Labute approximate surface area is 105 Å². The molecular weight excluding hydrogens is 230 g/mol. The van der Waals surface area contributed by atoms with Crippen LogP contribution in [0.3, 0.4) is 0 Å². The number of amides is 1. The second-order valence-corrected chi connectivity index (χ2v) is 3.90. The van der Waals surface area contributed by atoms with Crippen LogP contribution in [0, 0.1) is 0 Å². The van der Waals surface area contributed by atoms with Gasteiger partial charge in [-0.2, -0.15) is 0 Å². The Morgan fingerprint density at radius 1 is 1.44 bits per heavy atom. The van der Waals surface area contributed by atoms with Crippen molar-refractivity contribution in [2.75, 3.05) is 12.4 Å². The lowest BCUT2D eigenvalue weighted by molar-refractivity contribution is -0.115. The number of nitrogens with one attached hydrogen (secondary N) is 1. The van der Waals surface area contributed by atoms with Crippen LogP contribution in [0.25, 0.3) is 0 Å². The molecule has 0 aliphatic heterocycles. The SMILES string of the molecule is COc1ccccc1CC(=O)Nc1nccn1C. The fraction of sp³-hybridized carbons (Fsp3) is 0.231. The van der Waals surface area contributed by atoms with Gasteiger partial charge in [-0.25, -0.2) is 4.98 Å². The molecule has 1 aromatic carbocycles. The Hall–Kier alpha value is -2.30. The van der Waals surface area contributed by atoms with Crippen molar-refractivity contribution >= 4 is 11.9 Å². The minimum absolute atomic E-state index is 0.117. The van der Waals surface area contributed by atoms with Gasteiger partial charge in [0.2, 0.25) is 11.9 Å². The Bertz CT molecular complexity index is 549. The third-order valence-electron chi connectivity index (χ3n) is 2.62. The predicted octanol–water partition coefficient (Wildman–Crippen LogP) is 1.61. The normalized spacial score (nSPS) is 10.1. The molecule has 2 rings (SSSR count). The van der Waals surface area contributed by atoms with E-state index in [2.05, 4.69) is 10.3 Å². The summed E-state index contributed by atoms with van der Waals surface area (Å²) >= 11 is 0. The summed E-state index contributed by atoms with van der Waals surface area (Å²) in [4.78, 5) is 15.9. The number of rotatable bonds is 4. The molecule has 94 valence electrons. The van der Waals surface area contributed by atoms with Crippen LogP contribution in [0.5, 0.6) is 5.75 Å². The Balaban J connectivity index is 2.05. The van der Waals surface area contributed by atoms with Crippen LogP contribution in [0.2, 0.25) is 0 Å². The van der Waals surface area contributed by atoms with E-state index in [1.54, 1.807) is 24.1 Å². The molecule has 0 saturated carbocycles. The summed E-state index contributed by atoms with van der Waals surface area (Å²) in [6, 6.07) is 7.46. The van der Waals surface area contributed by atoms with Crippen molar-refractivity contribution in [2.24, 2.45) is 7.05 Å². The number of anilines is 1. The van der Waals surface area contributed by atoms with Gasteiger partial charge < -0.3 is 9.30 Å². The molecule has 1 N–H and O–H groups in total. The number of nitrogens with zero attached hydrogens (tertiary/aromatic N) is 2. The van der Waals surface area contributed by atoms with Crippen molar-refractivity contribution in [2.45, 2.75) is 6.42 Å². The third-order valence-corrected chi connectivity index (χ3v) is 2.62. The molecular formula is C13H15N3O2. The number of aromatic nitrogens is 2. The summed E-state index contributed by atoms with van der Waals surface area (Å²) in [5.74, 6) is 1.14. The van der Waals surface area contributed by atoms with Crippen LogP contribution >= 0.6 is 0 Å². The number of methoxy groups -OCH3 is 1. The lowest BCUT2D eigenvalue weighted by Gasteiger charge is -2.08. The molecule has 18 heavy (non-hydrogen) atoms. The number of aryl methyl sites for hydroxylation is 1. The van der Waals surface area contributed by atoms with Crippen molar-refractivity contribution in [3.8, 4) is 5.75 Å². The molecule has 0 unspecified atom stereocenters. The highest BCUT2D eigenvalue weighted by atomic mass is 16.5. The molecule has 0 saturated heterocycles. The van der Waals surface area contributed by atoms with Crippen molar-refractivity contribution in [3.63, 3.8) is 0 Å². The van der Waals surface area contributed by atoms with Gasteiger partial charge in [-0.05, 0) is 6.07 Å². The first kappa shape index (κ1) is 12.2. The largest absolute Gasteiger partial charge is 0.496 e. The molecule has 5 nitrogen and oxygen atoms in total. The maximum atomic E-state index is 11.9. The monoisotopic (exact) mass is 245 g/mol. The number of benzene rings is 1. The highest BCUT2D eigenvalue weighted by Crippen LogP contribution is 2.18. The molecule has 0 spiro atoms. The van der Waals surface area contributed by atoms with Crippen LogP contribution in [0.1, 0.15) is 5.56 Å². The van der Waals surface area contributed by atoms with Crippen LogP contribution < -0.4 is 10.1 Å². The highest BCUT2D eigenvalue weighted by molar-refractivity contribution is 5.91. The van der Waals surface area contributed by atoms with Gasteiger partial charge in [0, 0.05) is 25.0 Å². The number of hydrogen-bond donors (Lipinski definition) is 1. The molecule has 2 aromatic rings. The van der Waals surface area contributed by atoms with Crippen LogP contribution in [0.4, 0.5) is 5.95 Å². The van der Waals surface area contributed by atoms with Crippen LogP contribution in [-0.2, 0) is 18.3 Å². The van der Waals surface area contributed by atoms with E-state index < -0.39 is 0 Å². The number of carbonyl (C=O) groups is 1. The number of carbonyl (C=O) groups excluding carboxylic acids is 1. The van der Waals surface area contributed by atoms with E-state index in [4.69, 9.17) is 4.74 Å². The smallest absolute Gasteiger partial charge is 0.231 e. The minimum atomic E-state index is -0.117. The molecule has 5 heteroatoms. The van der Waals surface area contributed by atoms with Gasteiger partial charge in [0.1, 0.15) is 5.75 Å². The van der Waals surface area contributed by atoms with Crippen LogP contribution in [-0.4, -0.2) is 22.6 Å². The summed E-state index contributed by atoms with van der Waals surface area (Å²) in [5.41, 5.74) is 0.853. The molecule has 0 fully saturated rings. The lowest BCUT2D eigenvalue weighted by Crippen LogP contribution is -2.17. The standard InChI is InChI=1S/C13H15N3O2/c1-16-8-7-14-13(16)15-12(17)9-10-5-3-4-6-11(10)18-2/h3-8H,9H2,1-2H3,(H,14,15,17). The summed E-state index contributed by atoms with van der Waals surface area (Å²) in [6.07, 6.45) is 3.67. The van der Waals surface area contributed by atoms with Gasteiger partial charge in [-0.15, -0.1) is 0 Å². The maximum absolute atomic E-state index is 11.9. The average Bonchev–Trinajstić information content (AvgIpc) is 2.75. The summed E-state index contributed by atoms with van der Waals surface area (Å²) in [5, 5.41) is 2.75. The molecule has 0 atom stereocenters. The van der Waals surface area contributed by atoms with E-state index in [0.29, 0.717) is 11.7 Å². The Kier molecular flexibility index (Phi) is 3.62.